The Morgan fingerprint density at radius 2 is 2.12 bits per heavy atom. The molecule has 1 aromatic heterocycles. The molecular weight excluding hydrogens is 226 g/mol. The van der Waals surface area contributed by atoms with Crippen molar-refractivity contribution in [1.82, 2.24) is 20.2 Å². The van der Waals surface area contributed by atoms with Crippen molar-refractivity contribution in [2.24, 2.45) is 7.05 Å². The fourth-order valence-electron chi connectivity index (χ4n) is 1.45. The number of tetrazole rings is 1. The van der Waals surface area contributed by atoms with Crippen LogP contribution in [0.1, 0.15) is 18.5 Å². The number of hydrogen-bond acceptors (Lipinski definition) is 4. The third-order valence-electron chi connectivity index (χ3n) is 2.34. The van der Waals surface area contributed by atoms with Crippen molar-refractivity contribution in [3.05, 3.63) is 34.9 Å². The second kappa shape index (κ2) is 4.49. The molecule has 1 atom stereocenters. The molecule has 16 heavy (non-hydrogen) atoms. The number of aromatic nitrogens is 4. The Morgan fingerprint density at radius 3 is 2.75 bits per heavy atom. The average Bonchev–Trinajstić information content (AvgIpc) is 2.65. The lowest BCUT2D eigenvalue weighted by atomic mass is 10.1. The largest absolute Gasteiger partial charge is 0.347 e. The molecule has 0 spiro atoms. The molecule has 0 saturated carbocycles. The van der Waals surface area contributed by atoms with Gasteiger partial charge >= 0.3 is 0 Å². The lowest BCUT2D eigenvalue weighted by molar-refractivity contribution is 0.706. The third kappa shape index (κ3) is 2.14. The van der Waals surface area contributed by atoms with Gasteiger partial charge in [0.25, 0.3) is 0 Å². The van der Waals surface area contributed by atoms with E-state index in [1.807, 2.05) is 31.2 Å². The van der Waals surface area contributed by atoms with E-state index in [0.717, 1.165) is 10.6 Å². The van der Waals surface area contributed by atoms with Crippen LogP contribution in [0, 0.1) is 0 Å². The van der Waals surface area contributed by atoms with Gasteiger partial charge in [-0.25, -0.2) is 4.68 Å². The smallest absolute Gasteiger partial charge is 0.243 e. The van der Waals surface area contributed by atoms with Crippen molar-refractivity contribution in [1.29, 1.82) is 0 Å². The van der Waals surface area contributed by atoms with Crippen molar-refractivity contribution < 1.29 is 0 Å². The Balaban J connectivity index is 2.18. The molecule has 6 heteroatoms. The summed E-state index contributed by atoms with van der Waals surface area (Å²) in [5.41, 5.74) is 1.02. The van der Waals surface area contributed by atoms with Crippen LogP contribution in [0.15, 0.2) is 24.3 Å². The number of anilines is 1. The summed E-state index contributed by atoms with van der Waals surface area (Å²) in [4.78, 5) is 0. The molecular formula is C10H12ClN5. The molecule has 0 fully saturated rings. The van der Waals surface area contributed by atoms with Gasteiger partial charge in [0.15, 0.2) is 0 Å². The van der Waals surface area contributed by atoms with Crippen molar-refractivity contribution in [2.45, 2.75) is 13.0 Å². The van der Waals surface area contributed by atoms with Crippen molar-refractivity contribution >= 4 is 17.5 Å². The lowest BCUT2D eigenvalue weighted by Crippen LogP contribution is -2.11. The van der Waals surface area contributed by atoms with Crippen LogP contribution in [-0.4, -0.2) is 20.2 Å². The van der Waals surface area contributed by atoms with Crippen LogP contribution < -0.4 is 5.32 Å². The van der Waals surface area contributed by atoms with E-state index in [1.54, 1.807) is 11.7 Å². The van der Waals surface area contributed by atoms with E-state index in [4.69, 9.17) is 11.6 Å². The quantitative estimate of drug-likeness (QED) is 0.888. The van der Waals surface area contributed by atoms with E-state index in [9.17, 15) is 0 Å². The highest BCUT2D eigenvalue weighted by molar-refractivity contribution is 6.31. The maximum atomic E-state index is 6.10. The van der Waals surface area contributed by atoms with E-state index < -0.39 is 0 Å². The second-order valence-corrected chi connectivity index (χ2v) is 3.92. The van der Waals surface area contributed by atoms with Crippen LogP contribution in [-0.2, 0) is 7.05 Å². The van der Waals surface area contributed by atoms with Gasteiger partial charge in [-0.1, -0.05) is 34.9 Å². The maximum absolute atomic E-state index is 6.10. The topological polar surface area (TPSA) is 55.6 Å². The van der Waals surface area contributed by atoms with Crippen LogP contribution in [0.3, 0.4) is 0 Å². The van der Waals surface area contributed by atoms with Crippen LogP contribution in [0.4, 0.5) is 5.95 Å². The summed E-state index contributed by atoms with van der Waals surface area (Å²) < 4.78 is 1.58. The second-order valence-electron chi connectivity index (χ2n) is 3.51. The van der Waals surface area contributed by atoms with Gasteiger partial charge in [-0.15, -0.1) is 0 Å². The summed E-state index contributed by atoms with van der Waals surface area (Å²) >= 11 is 6.10. The highest BCUT2D eigenvalue weighted by Gasteiger charge is 2.11. The standard InChI is InChI=1S/C10H12ClN5/c1-7(8-5-3-4-6-9(8)11)12-10-13-14-15-16(10)2/h3-7H,1-2H3,(H,12,13,15). The summed E-state index contributed by atoms with van der Waals surface area (Å²) in [6.45, 7) is 2.01. The van der Waals surface area contributed by atoms with Crippen LogP contribution in [0.2, 0.25) is 5.02 Å². The molecule has 2 rings (SSSR count). The summed E-state index contributed by atoms with van der Waals surface area (Å²) in [7, 11) is 1.78. The highest BCUT2D eigenvalue weighted by atomic mass is 35.5. The Hall–Kier alpha value is -1.62. The Kier molecular flexibility index (Phi) is 3.05. The van der Waals surface area contributed by atoms with Crippen LogP contribution in [0.25, 0.3) is 0 Å². The maximum Gasteiger partial charge on any atom is 0.243 e. The highest BCUT2D eigenvalue weighted by Crippen LogP contribution is 2.24. The van der Waals surface area contributed by atoms with Gasteiger partial charge in [-0.3, -0.25) is 0 Å². The molecule has 1 N–H and O–H groups in total. The van der Waals surface area contributed by atoms with E-state index in [1.165, 1.54) is 0 Å². The van der Waals surface area contributed by atoms with Gasteiger partial charge in [-0.05, 0) is 29.0 Å². The first kappa shape index (κ1) is 10.9. The van der Waals surface area contributed by atoms with Gasteiger partial charge in [0.2, 0.25) is 5.95 Å². The zero-order chi connectivity index (χ0) is 11.5. The van der Waals surface area contributed by atoms with Gasteiger partial charge in [0, 0.05) is 12.1 Å². The van der Waals surface area contributed by atoms with Gasteiger partial charge < -0.3 is 5.32 Å². The van der Waals surface area contributed by atoms with Crippen LogP contribution >= 0.6 is 11.6 Å². The first-order chi connectivity index (χ1) is 7.68. The molecule has 0 bridgehead atoms. The molecule has 84 valence electrons. The van der Waals surface area contributed by atoms with Crippen molar-refractivity contribution in [3.8, 4) is 0 Å². The lowest BCUT2D eigenvalue weighted by Gasteiger charge is -2.14. The number of hydrogen-bond donors (Lipinski definition) is 1. The molecule has 1 heterocycles. The van der Waals surface area contributed by atoms with E-state index in [0.29, 0.717) is 5.95 Å². The van der Waals surface area contributed by atoms with Crippen molar-refractivity contribution in [3.63, 3.8) is 0 Å². The Labute approximate surface area is 98.4 Å². The van der Waals surface area contributed by atoms with E-state index >= 15 is 0 Å². The number of nitrogens with zero attached hydrogens (tertiary/aromatic N) is 4. The number of benzene rings is 1. The molecule has 1 aromatic carbocycles. The average molecular weight is 238 g/mol. The molecule has 0 aliphatic rings. The predicted octanol–water partition coefficient (Wildman–Crippen LogP) is 2.04. The normalized spacial score (nSPS) is 12.4. The number of nitrogens with one attached hydrogen (secondary N) is 1. The van der Waals surface area contributed by atoms with E-state index in [2.05, 4.69) is 20.8 Å². The zero-order valence-electron chi connectivity index (χ0n) is 9.05. The van der Waals surface area contributed by atoms with E-state index in [-0.39, 0.29) is 6.04 Å². The molecule has 2 aromatic rings. The minimum absolute atomic E-state index is 0.0541. The fourth-order valence-corrected chi connectivity index (χ4v) is 1.75. The van der Waals surface area contributed by atoms with Gasteiger partial charge in [0.1, 0.15) is 0 Å². The van der Waals surface area contributed by atoms with Gasteiger partial charge in [0.05, 0.1) is 6.04 Å². The number of halogens is 1. The Bertz CT molecular complexity index is 482. The van der Waals surface area contributed by atoms with Crippen molar-refractivity contribution in [2.75, 3.05) is 5.32 Å². The molecule has 0 aliphatic carbocycles. The summed E-state index contributed by atoms with van der Waals surface area (Å²) in [6.07, 6.45) is 0. The molecule has 0 radical (unpaired) electrons. The SMILES string of the molecule is CC(Nc1nnnn1C)c1ccccc1Cl. The minimum atomic E-state index is 0.0541. The fraction of sp³-hybridized carbons (Fsp3) is 0.300. The molecule has 1 unspecified atom stereocenters. The molecule has 0 saturated heterocycles. The first-order valence-corrected chi connectivity index (χ1v) is 5.29. The summed E-state index contributed by atoms with van der Waals surface area (Å²) in [5, 5.41) is 15.1. The molecule has 5 nitrogen and oxygen atoms in total. The molecule has 0 amide bonds. The third-order valence-corrected chi connectivity index (χ3v) is 2.68. The number of rotatable bonds is 3. The summed E-state index contributed by atoms with van der Waals surface area (Å²) in [6, 6.07) is 7.75. The zero-order valence-corrected chi connectivity index (χ0v) is 9.81. The summed E-state index contributed by atoms with van der Waals surface area (Å²) in [5.74, 6) is 0.618. The van der Waals surface area contributed by atoms with Gasteiger partial charge in [-0.2, -0.15) is 0 Å². The van der Waals surface area contributed by atoms with Crippen LogP contribution in [0.5, 0.6) is 0 Å². The number of aryl methyl sites for hydroxylation is 1. The minimum Gasteiger partial charge on any atom is -0.347 e. The first-order valence-electron chi connectivity index (χ1n) is 4.92. The Morgan fingerprint density at radius 1 is 1.38 bits per heavy atom. The predicted molar refractivity (Wildman–Crippen MR) is 62.3 cm³/mol. The monoisotopic (exact) mass is 237 g/mol. The molecule has 0 aliphatic heterocycles.